The predicted molar refractivity (Wildman–Crippen MR) is 106 cm³/mol. The van der Waals surface area contributed by atoms with E-state index in [4.69, 9.17) is 17.0 Å². The number of nitrogens with one attached hydrogen (secondary N) is 2. The highest BCUT2D eigenvalue weighted by molar-refractivity contribution is 7.80. The van der Waals surface area contributed by atoms with Crippen LogP contribution in [-0.4, -0.2) is 29.1 Å². The normalized spacial score (nSPS) is 10.4. The molecule has 1 amide bonds. The van der Waals surface area contributed by atoms with Crippen LogP contribution in [0, 0.1) is 6.92 Å². The van der Waals surface area contributed by atoms with Crippen LogP contribution in [0.15, 0.2) is 42.5 Å². The number of amides is 1. The molecular formula is C18H15N3O3S2. The zero-order valence-electron chi connectivity index (χ0n) is 14.0. The Balaban J connectivity index is 1.74. The molecule has 0 atom stereocenters. The van der Waals surface area contributed by atoms with Gasteiger partial charge in [0.05, 0.1) is 12.8 Å². The summed E-state index contributed by atoms with van der Waals surface area (Å²) in [7, 11) is 1.31. The number of nitrogens with zero attached hydrogens (tertiary/aromatic N) is 1. The predicted octanol–water partition coefficient (Wildman–Crippen LogP) is 3.52. The summed E-state index contributed by atoms with van der Waals surface area (Å²) in [6.45, 7) is 1.70. The molecule has 1 aromatic heterocycles. The number of ether oxygens (including phenoxy) is 1. The van der Waals surface area contributed by atoms with Crippen molar-refractivity contribution in [1.29, 1.82) is 0 Å². The van der Waals surface area contributed by atoms with Crippen molar-refractivity contribution in [2.75, 3.05) is 12.4 Å². The van der Waals surface area contributed by atoms with Crippen molar-refractivity contribution in [1.82, 2.24) is 10.3 Å². The Labute approximate surface area is 159 Å². The third kappa shape index (κ3) is 3.71. The Kier molecular flexibility index (Phi) is 5.24. The van der Waals surface area contributed by atoms with Gasteiger partial charge in [-0.2, -0.15) is 0 Å². The maximum Gasteiger partial charge on any atom is 0.350 e. The van der Waals surface area contributed by atoms with Gasteiger partial charge in [0.15, 0.2) is 10.2 Å². The molecule has 0 saturated heterocycles. The molecule has 0 aliphatic rings. The van der Waals surface area contributed by atoms with E-state index in [-0.39, 0.29) is 11.0 Å². The summed E-state index contributed by atoms with van der Waals surface area (Å²) in [5, 5.41) is 7.79. The number of aromatic nitrogens is 1. The summed E-state index contributed by atoms with van der Waals surface area (Å²) >= 11 is 6.30. The Morgan fingerprint density at radius 3 is 2.65 bits per heavy atom. The molecule has 6 nitrogen and oxygen atoms in total. The van der Waals surface area contributed by atoms with Crippen LogP contribution in [0.5, 0.6) is 0 Å². The Morgan fingerprint density at radius 1 is 1.15 bits per heavy atom. The van der Waals surface area contributed by atoms with Gasteiger partial charge in [0.25, 0.3) is 5.91 Å². The third-order valence-electron chi connectivity index (χ3n) is 3.65. The lowest BCUT2D eigenvalue weighted by Crippen LogP contribution is -2.34. The number of carbonyl (C=O) groups is 2. The summed E-state index contributed by atoms with van der Waals surface area (Å²) < 4.78 is 4.70. The number of methoxy groups -OCH3 is 1. The van der Waals surface area contributed by atoms with Crippen LogP contribution >= 0.6 is 23.6 Å². The number of hydrogen-bond donors (Lipinski definition) is 2. The van der Waals surface area contributed by atoms with Gasteiger partial charge in [-0.05, 0) is 36.0 Å². The number of benzene rings is 2. The molecule has 3 rings (SSSR count). The molecule has 2 N–H and O–H groups in total. The molecule has 0 bridgehead atoms. The monoisotopic (exact) mass is 385 g/mol. The highest BCUT2D eigenvalue weighted by atomic mass is 32.1. The lowest BCUT2D eigenvalue weighted by Gasteiger charge is -2.09. The van der Waals surface area contributed by atoms with E-state index in [2.05, 4.69) is 15.6 Å². The molecule has 3 aromatic rings. The molecule has 0 aliphatic heterocycles. The van der Waals surface area contributed by atoms with Crippen molar-refractivity contribution in [3.63, 3.8) is 0 Å². The lowest BCUT2D eigenvalue weighted by atomic mass is 10.0. The molecule has 0 unspecified atom stereocenters. The molecule has 0 fully saturated rings. The van der Waals surface area contributed by atoms with Gasteiger partial charge in [0.1, 0.15) is 4.88 Å². The van der Waals surface area contributed by atoms with Crippen molar-refractivity contribution < 1.29 is 14.3 Å². The zero-order valence-corrected chi connectivity index (χ0v) is 15.7. The fourth-order valence-electron chi connectivity index (χ4n) is 2.45. The molecule has 0 radical (unpaired) electrons. The number of hydrogen-bond acceptors (Lipinski definition) is 6. The van der Waals surface area contributed by atoms with Gasteiger partial charge in [0.2, 0.25) is 0 Å². The lowest BCUT2D eigenvalue weighted by molar-refractivity contribution is 0.0605. The van der Waals surface area contributed by atoms with E-state index in [9.17, 15) is 9.59 Å². The number of anilines is 1. The summed E-state index contributed by atoms with van der Waals surface area (Å²) in [6.07, 6.45) is 0. The van der Waals surface area contributed by atoms with Crippen LogP contribution < -0.4 is 10.6 Å². The second-order valence-corrected chi connectivity index (χ2v) is 6.77. The highest BCUT2D eigenvalue weighted by Crippen LogP contribution is 2.23. The summed E-state index contributed by atoms with van der Waals surface area (Å²) in [5.41, 5.74) is 1.06. The first-order valence-electron chi connectivity index (χ1n) is 7.65. The number of aryl methyl sites for hydroxylation is 1. The highest BCUT2D eigenvalue weighted by Gasteiger charge is 2.17. The van der Waals surface area contributed by atoms with Crippen LogP contribution in [0.2, 0.25) is 0 Å². The van der Waals surface area contributed by atoms with Crippen LogP contribution in [0.25, 0.3) is 10.8 Å². The first kappa shape index (κ1) is 18.0. The van der Waals surface area contributed by atoms with Crippen molar-refractivity contribution in [3.05, 3.63) is 58.6 Å². The number of fused-ring (bicyclic) bond motifs is 1. The SMILES string of the molecule is COC(=O)c1sc(NC(=S)NC(=O)c2cccc3ccccc23)nc1C. The van der Waals surface area contributed by atoms with Gasteiger partial charge < -0.3 is 10.1 Å². The molecular weight excluding hydrogens is 370 g/mol. The Morgan fingerprint density at radius 2 is 1.88 bits per heavy atom. The van der Waals surface area contributed by atoms with Gasteiger partial charge >= 0.3 is 5.97 Å². The van der Waals surface area contributed by atoms with E-state index in [1.54, 1.807) is 13.0 Å². The number of thiazole rings is 1. The van der Waals surface area contributed by atoms with Gasteiger partial charge in [0, 0.05) is 5.56 Å². The molecule has 26 heavy (non-hydrogen) atoms. The minimum Gasteiger partial charge on any atom is -0.465 e. The van der Waals surface area contributed by atoms with Crippen LogP contribution in [0.4, 0.5) is 5.13 Å². The quantitative estimate of drug-likeness (QED) is 0.530. The number of esters is 1. The van der Waals surface area contributed by atoms with E-state index < -0.39 is 5.97 Å². The molecule has 0 saturated carbocycles. The molecule has 8 heteroatoms. The first-order valence-corrected chi connectivity index (χ1v) is 8.88. The molecule has 0 aliphatic carbocycles. The summed E-state index contributed by atoms with van der Waals surface area (Å²) in [4.78, 5) is 28.8. The Bertz CT molecular complexity index is 1010. The minimum absolute atomic E-state index is 0.105. The third-order valence-corrected chi connectivity index (χ3v) is 4.91. The van der Waals surface area contributed by atoms with E-state index in [1.165, 1.54) is 7.11 Å². The summed E-state index contributed by atoms with van der Waals surface area (Å²) in [5.74, 6) is -0.778. The van der Waals surface area contributed by atoms with Crippen LogP contribution in [0.3, 0.4) is 0 Å². The maximum atomic E-state index is 12.6. The zero-order chi connectivity index (χ0) is 18.7. The largest absolute Gasteiger partial charge is 0.465 e. The molecule has 0 spiro atoms. The van der Waals surface area contributed by atoms with E-state index >= 15 is 0 Å². The van der Waals surface area contributed by atoms with E-state index in [1.807, 2.05) is 36.4 Å². The number of carbonyl (C=O) groups excluding carboxylic acids is 2. The molecule has 132 valence electrons. The standard InChI is InChI=1S/C18H15N3O3S2/c1-10-14(16(23)24-2)26-18(19-10)21-17(25)20-15(22)13-9-5-7-11-6-3-4-8-12(11)13/h3-9H,1-2H3,(H2,19,20,21,22,25). The van der Waals surface area contributed by atoms with Gasteiger partial charge in [-0.3, -0.25) is 10.1 Å². The van der Waals surface area contributed by atoms with E-state index in [0.717, 1.165) is 22.1 Å². The molecule has 1 heterocycles. The number of rotatable bonds is 3. The average Bonchev–Trinajstić information content (AvgIpc) is 3.00. The van der Waals surface area contributed by atoms with Gasteiger partial charge in [-0.15, -0.1) is 0 Å². The fraction of sp³-hybridized carbons (Fsp3) is 0.111. The first-order chi connectivity index (χ1) is 12.5. The van der Waals surface area contributed by atoms with Crippen molar-refractivity contribution >= 4 is 56.4 Å². The van der Waals surface area contributed by atoms with Crippen molar-refractivity contribution in [2.45, 2.75) is 6.92 Å². The topological polar surface area (TPSA) is 80.3 Å². The number of thiocarbonyl (C=S) groups is 1. The average molecular weight is 385 g/mol. The summed E-state index contributed by atoms with van der Waals surface area (Å²) in [6, 6.07) is 13.1. The van der Waals surface area contributed by atoms with Gasteiger partial charge in [-0.1, -0.05) is 47.7 Å². The smallest absolute Gasteiger partial charge is 0.350 e. The Hall–Kier alpha value is -2.84. The maximum absolute atomic E-state index is 12.6. The van der Waals surface area contributed by atoms with Crippen molar-refractivity contribution in [2.24, 2.45) is 0 Å². The second-order valence-electron chi connectivity index (χ2n) is 5.36. The second kappa shape index (κ2) is 7.59. The minimum atomic E-state index is -0.459. The van der Waals surface area contributed by atoms with Crippen LogP contribution in [-0.2, 0) is 4.74 Å². The van der Waals surface area contributed by atoms with E-state index in [0.29, 0.717) is 21.3 Å². The molecule has 2 aromatic carbocycles. The fourth-order valence-corrected chi connectivity index (χ4v) is 3.60. The van der Waals surface area contributed by atoms with Gasteiger partial charge in [-0.25, -0.2) is 9.78 Å². The van der Waals surface area contributed by atoms with Crippen LogP contribution in [0.1, 0.15) is 25.7 Å². The van der Waals surface area contributed by atoms with Crippen molar-refractivity contribution in [3.8, 4) is 0 Å².